The lowest BCUT2D eigenvalue weighted by Crippen LogP contribution is -2.47. The highest BCUT2D eigenvalue weighted by Gasteiger charge is 2.38. The Morgan fingerprint density at radius 1 is 0.938 bits per heavy atom. The lowest BCUT2D eigenvalue weighted by Gasteiger charge is -2.39. The summed E-state index contributed by atoms with van der Waals surface area (Å²) in [6, 6.07) is 22.0. The van der Waals surface area contributed by atoms with Crippen LogP contribution in [0.2, 0.25) is 0 Å². The van der Waals surface area contributed by atoms with Gasteiger partial charge in [-0.3, -0.25) is 14.5 Å². The molecular weight excluding hydrogens is 398 g/mol. The number of rotatable bonds is 7. The van der Waals surface area contributed by atoms with Gasteiger partial charge >= 0.3 is 0 Å². The van der Waals surface area contributed by atoms with Gasteiger partial charge in [-0.15, -0.1) is 0 Å². The Labute approximate surface area is 189 Å². The normalized spacial score (nSPS) is 16.9. The highest BCUT2D eigenvalue weighted by Crippen LogP contribution is 2.42. The van der Waals surface area contributed by atoms with E-state index in [0.29, 0.717) is 6.54 Å². The lowest BCUT2D eigenvalue weighted by atomic mass is 9.97. The molecule has 0 radical (unpaired) electrons. The Kier molecular flexibility index (Phi) is 5.56. The molecular formula is C27H29N3O2. The van der Waals surface area contributed by atoms with Crippen LogP contribution in [-0.2, 0) is 9.59 Å². The fourth-order valence-electron chi connectivity index (χ4n) is 4.66. The molecule has 2 heterocycles. The van der Waals surface area contributed by atoms with Crippen LogP contribution in [-0.4, -0.2) is 34.4 Å². The molecule has 32 heavy (non-hydrogen) atoms. The fourth-order valence-corrected chi connectivity index (χ4v) is 4.66. The number of amides is 2. The molecule has 2 aromatic carbocycles. The Bertz CT molecular complexity index is 1120. The third kappa shape index (κ3) is 3.72. The molecule has 1 atom stereocenters. The maximum atomic E-state index is 13.9. The molecule has 1 fully saturated rings. The quantitative estimate of drug-likeness (QED) is 0.535. The Morgan fingerprint density at radius 2 is 1.66 bits per heavy atom. The molecule has 0 bridgehead atoms. The largest absolute Gasteiger partial charge is 0.333 e. The Balaban J connectivity index is 1.55. The van der Waals surface area contributed by atoms with Crippen LogP contribution >= 0.6 is 0 Å². The third-order valence-corrected chi connectivity index (χ3v) is 6.45. The summed E-state index contributed by atoms with van der Waals surface area (Å²) in [4.78, 5) is 30.6. The van der Waals surface area contributed by atoms with Crippen molar-refractivity contribution in [1.29, 1.82) is 0 Å². The van der Waals surface area contributed by atoms with E-state index in [2.05, 4.69) is 35.9 Å². The summed E-state index contributed by atoms with van der Waals surface area (Å²) in [5.74, 6) is 0.205. The zero-order valence-electron chi connectivity index (χ0n) is 18.5. The first-order valence-electron chi connectivity index (χ1n) is 11.6. The van der Waals surface area contributed by atoms with Crippen LogP contribution < -0.4 is 4.90 Å². The molecule has 3 aromatic rings. The summed E-state index contributed by atoms with van der Waals surface area (Å²) < 4.78 is 2.17. The standard InChI is InChI=1S/C27H29N3O2/c1-2-3-17-28(27(32)21-15-16-21)19-25(31)30-23-13-8-7-12-22(23)29-18-9-14-24(29)26(30)20-10-5-4-6-11-20/h4-14,18,21,26H,2-3,15-17,19H2,1H3. The van der Waals surface area contributed by atoms with Crippen molar-refractivity contribution in [2.75, 3.05) is 18.0 Å². The van der Waals surface area contributed by atoms with E-state index in [1.807, 2.05) is 53.4 Å². The van der Waals surface area contributed by atoms with Crippen LogP contribution in [0.1, 0.15) is 49.9 Å². The first kappa shape index (κ1) is 20.6. The number of benzene rings is 2. The number of anilines is 1. The number of carbonyl (C=O) groups is 2. The van der Waals surface area contributed by atoms with Gasteiger partial charge in [-0.1, -0.05) is 55.8 Å². The van der Waals surface area contributed by atoms with Crippen LogP contribution in [0, 0.1) is 5.92 Å². The summed E-state index contributed by atoms with van der Waals surface area (Å²) in [5.41, 5.74) is 3.98. The van der Waals surface area contributed by atoms with Gasteiger partial charge < -0.3 is 9.47 Å². The maximum Gasteiger partial charge on any atom is 0.247 e. The van der Waals surface area contributed by atoms with Gasteiger partial charge in [-0.05, 0) is 49.1 Å². The minimum absolute atomic E-state index is 0.0381. The second kappa shape index (κ2) is 8.65. The Morgan fingerprint density at radius 3 is 2.38 bits per heavy atom. The maximum absolute atomic E-state index is 13.9. The molecule has 164 valence electrons. The van der Waals surface area contributed by atoms with Gasteiger partial charge in [0.2, 0.25) is 11.8 Å². The number of carbonyl (C=O) groups excluding carboxylic acids is 2. The van der Waals surface area contributed by atoms with Crippen molar-refractivity contribution in [2.45, 2.75) is 38.6 Å². The molecule has 2 amide bonds. The monoisotopic (exact) mass is 427 g/mol. The van der Waals surface area contributed by atoms with Crippen LogP contribution in [0.15, 0.2) is 72.9 Å². The van der Waals surface area contributed by atoms with Gasteiger partial charge in [0.25, 0.3) is 0 Å². The third-order valence-electron chi connectivity index (χ3n) is 6.45. The van der Waals surface area contributed by atoms with E-state index in [4.69, 9.17) is 0 Å². The lowest BCUT2D eigenvalue weighted by molar-refractivity contribution is -0.136. The SMILES string of the molecule is CCCCN(CC(=O)N1c2ccccc2-n2cccc2C1c1ccccc1)C(=O)C1CC1. The number of hydrogen-bond donors (Lipinski definition) is 0. The molecule has 1 saturated carbocycles. The number of nitrogens with zero attached hydrogens (tertiary/aromatic N) is 3. The van der Waals surface area contributed by atoms with E-state index in [1.54, 1.807) is 4.90 Å². The average Bonchev–Trinajstić information content (AvgIpc) is 3.57. The van der Waals surface area contributed by atoms with E-state index in [-0.39, 0.29) is 30.3 Å². The number of aromatic nitrogens is 1. The van der Waals surface area contributed by atoms with Gasteiger partial charge in [0.1, 0.15) is 12.6 Å². The van der Waals surface area contributed by atoms with E-state index in [0.717, 1.165) is 48.3 Å². The molecule has 0 saturated heterocycles. The predicted molar refractivity (Wildman–Crippen MR) is 126 cm³/mol. The van der Waals surface area contributed by atoms with E-state index in [9.17, 15) is 9.59 Å². The predicted octanol–water partition coefficient (Wildman–Crippen LogP) is 4.95. The van der Waals surface area contributed by atoms with Crippen LogP contribution in [0.3, 0.4) is 0 Å². The van der Waals surface area contributed by atoms with Gasteiger partial charge in [0, 0.05) is 18.7 Å². The second-order valence-corrected chi connectivity index (χ2v) is 8.76. The van der Waals surface area contributed by atoms with Crippen molar-refractivity contribution in [1.82, 2.24) is 9.47 Å². The van der Waals surface area contributed by atoms with Crippen molar-refractivity contribution in [3.63, 3.8) is 0 Å². The molecule has 2 aliphatic rings. The number of unbranched alkanes of at least 4 members (excludes halogenated alkanes) is 1. The zero-order chi connectivity index (χ0) is 22.1. The topological polar surface area (TPSA) is 45.6 Å². The van der Waals surface area contributed by atoms with Crippen molar-refractivity contribution in [2.24, 2.45) is 5.92 Å². The second-order valence-electron chi connectivity index (χ2n) is 8.76. The van der Waals surface area contributed by atoms with E-state index < -0.39 is 0 Å². The first-order valence-corrected chi connectivity index (χ1v) is 11.6. The van der Waals surface area contributed by atoms with E-state index >= 15 is 0 Å². The molecule has 5 nitrogen and oxygen atoms in total. The minimum Gasteiger partial charge on any atom is -0.333 e. The number of fused-ring (bicyclic) bond motifs is 3. The van der Waals surface area contributed by atoms with Crippen molar-refractivity contribution in [3.8, 4) is 5.69 Å². The Hall–Kier alpha value is -3.34. The van der Waals surface area contributed by atoms with Gasteiger partial charge in [0.15, 0.2) is 0 Å². The fraction of sp³-hybridized carbons (Fsp3) is 0.333. The van der Waals surface area contributed by atoms with Crippen molar-refractivity contribution >= 4 is 17.5 Å². The van der Waals surface area contributed by atoms with Gasteiger partial charge in [0.05, 0.1) is 17.1 Å². The molecule has 1 aliphatic carbocycles. The highest BCUT2D eigenvalue weighted by molar-refractivity contribution is 6.00. The van der Waals surface area contributed by atoms with Gasteiger partial charge in [-0.2, -0.15) is 0 Å². The summed E-state index contributed by atoms with van der Waals surface area (Å²) in [7, 11) is 0. The number of para-hydroxylation sites is 2. The summed E-state index contributed by atoms with van der Waals surface area (Å²) in [5, 5.41) is 0. The zero-order valence-corrected chi connectivity index (χ0v) is 18.5. The first-order chi connectivity index (χ1) is 15.7. The van der Waals surface area contributed by atoms with Crippen molar-refractivity contribution in [3.05, 3.63) is 84.2 Å². The summed E-state index contributed by atoms with van der Waals surface area (Å²) in [6.45, 7) is 2.87. The molecule has 0 spiro atoms. The summed E-state index contributed by atoms with van der Waals surface area (Å²) >= 11 is 0. The van der Waals surface area contributed by atoms with Gasteiger partial charge in [-0.25, -0.2) is 0 Å². The summed E-state index contributed by atoms with van der Waals surface area (Å²) in [6.07, 6.45) is 5.85. The smallest absolute Gasteiger partial charge is 0.247 e. The van der Waals surface area contributed by atoms with Crippen LogP contribution in [0.5, 0.6) is 0 Å². The highest BCUT2D eigenvalue weighted by atomic mass is 16.2. The molecule has 1 unspecified atom stereocenters. The van der Waals surface area contributed by atoms with Crippen LogP contribution in [0.25, 0.3) is 5.69 Å². The number of hydrogen-bond acceptors (Lipinski definition) is 2. The molecule has 0 N–H and O–H groups in total. The van der Waals surface area contributed by atoms with Crippen molar-refractivity contribution < 1.29 is 9.59 Å². The van der Waals surface area contributed by atoms with E-state index in [1.165, 1.54) is 0 Å². The molecule has 5 rings (SSSR count). The molecule has 1 aromatic heterocycles. The molecule has 1 aliphatic heterocycles. The average molecular weight is 428 g/mol. The minimum atomic E-state index is -0.238. The van der Waals surface area contributed by atoms with Crippen LogP contribution in [0.4, 0.5) is 5.69 Å². The molecule has 5 heteroatoms.